The lowest BCUT2D eigenvalue weighted by Gasteiger charge is -2.36. The normalized spacial score (nSPS) is 19.5. The first-order chi connectivity index (χ1) is 15.7. The van der Waals surface area contributed by atoms with Gasteiger partial charge in [0.05, 0.1) is 12.0 Å². The Morgan fingerprint density at radius 1 is 1.16 bits per heavy atom. The highest BCUT2D eigenvalue weighted by molar-refractivity contribution is 5.91. The fourth-order valence-electron chi connectivity index (χ4n) is 4.68. The van der Waals surface area contributed by atoms with E-state index in [4.69, 9.17) is 9.26 Å². The minimum atomic E-state index is -0.374. The lowest BCUT2D eigenvalue weighted by molar-refractivity contribution is -0.138. The van der Waals surface area contributed by atoms with Crippen molar-refractivity contribution in [1.29, 1.82) is 0 Å². The lowest BCUT2D eigenvalue weighted by atomic mass is 9.91. The number of benzene rings is 2. The van der Waals surface area contributed by atoms with E-state index in [-0.39, 0.29) is 17.4 Å². The fraction of sp³-hybridized carbons (Fsp3) is 0.423. The molecular formula is C26H29N3O3. The van der Waals surface area contributed by atoms with Crippen LogP contribution in [0.4, 0.5) is 0 Å². The monoisotopic (exact) mass is 431 g/mol. The first kappa shape index (κ1) is 20.7. The summed E-state index contributed by atoms with van der Waals surface area (Å²) in [4.78, 5) is 20.3. The van der Waals surface area contributed by atoms with Crippen LogP contribution in [0.5, 0.6) is 5.75 Å². The molecule has 1 saturated heterocycles. The van der Waals surface area contributed by atoms with Crippen molar-refractivity contribution in [3.63, 3.8) is 0 Å². The molecule has 5 rings (SSSR count). The van der Waals surface area contributed by atoms with Crippen molar-refractivity contribution in [2.75, 3.05) is 13.2 Å². The van der Waals surface area contributed by atoms with Gasteiger partial charge in [0.15, 0.2) is 5.82 Å². The molecule has 1 unspecified atom stereocenters. The molecule has 1 saturated carbocycles. The molecule has 2 heterocycles. The van der Waals surface area contributed by atoms with E-state index in [1.807, 2.05) is 54.3 Å². The summed E-state index contributed by atoms with van der Waals surface area (Å²) in [6.07, 6.45) is 5.30. The summed E-state index contributed by atoms with van der Waals surface area (Å²) in [5.74, 6) is 2.21. The Morgan fingerprint density at radius 2 is 2.00 bits per heavy atom. The minimum Gasteiger partial charge on any atom is -0.493 e. The van der Waals surface area contributed by atoms with E-state index < -0.39 is 0 Å². The molecule has 1 atom stereocenters. The van der Waals surface area contributed by atoms with E-state index >= 15 is 0 Å². The molecular weight excluding hydrogens is 402 g/mol. The zero-order valence-electron chi connectivity index (χ0n) is 18.5. The second-order valence-electron chi connectivity index (χ2n) is 8.92. The number of amides is 1. The molecule has 2 aromatic carbocycles. The third kappa shape index (κ3) is 4.14. The SMILES string of the molecule is Cc1cccc(OCCc2noc(C3CCCCN3C(=O)C3(c4ccccc4)CC3)n2)c1. The van der Waals surface area contributed by atoms with Crippen LogP contribution in [0.2, 0.25) is 0 Å². The van der Waals surface area contributed by atoms with Gasteiger partial charge in [0.2, 0.25) is 11.8 Å². The van der Waals surface area contributed by atoms with Crippen LogP contribution >= 0.6 is 0 Å². The van der Waals surface area contributed by atoms with Gasteiger partial charge in [-0.1, -0.05) is 47.6 Å². The molecule has 2 aliphatic rings. The van der Waals surface area contributed by atoms with Gasteiger partial charge >= 0.3 is 0 Å². The van der Waals surface area contributed by atoms with Gasteiger partial charge in [-0.05, 0) is 62.3 Å². The van der Waals surface area contributed by atoms with Crippen molar-refractivity contribution < 1.29 is 14.1 Å². The molecule has 1 aliphatic carbocycles. The largest absolute Gasteiger partial charge is 0.493 e. The summed E-state index contributed by atoms with van der Waals surface area (Å²) in [7, 11) is 0. The molecule has 0 spiro atoms. The van der Waals surface area contributed by atoms with Gasteiger partial charge in [-0.2, -0.15) is 4.98 Å². The Bertz CT molecular complexity index is 1070. The molecule has 1 aromatic heterocycles. The summed E-state index contributed by atoms with van der Waals surface area (Å²) in [5, 5.41) is 4.17. The Labute approximate surface area is 188 Å². The summed E-state index contributed by atoms with van der Waals surface area (Å²) in [6, 6.07) is 18.0. The molecule has 0 radical (unpaired) electrons. The zero-order valence-corrected chi connectivity index (χ0v) is 18.5. The number of rotatable bonds is 7. The van der Waals surface area contributed by atoms with Gasteiger partial charge in [0.1, 0.15) is 11.8 Å². The maximum Gasteiger partial charge on any atom is 0.249 e. The van der Waals surface area contributed by atoms with Gasteiger partial charge in [-0.25, -0.2) is 0 Å². The van der Waals surface area contributed by atoms with E-state index in [0.29, 0.717) is 24.7 Å². The van der Waals surface area contributed by atoms with Crippen LogP contribution in [0, 0.1) is 6.92 Å². The summed E-state index contributed by atoms with van der Waals surface area (Å²) in [5.41, 5.74) is 1.91. The van der Waals surface area contributed by atoms with Crippen molar-refractivity contribution in [3.05, 3.63) is 77.4 Å². The molecule has 6 nitrogen and oxygen atoms in total. The van der Waals surface area contributed by atoms with Crippen LogP contribution in [-0.4, -0.2) is 34.1 Å². The van der Waals surface area contributed by atoms with Crippen LogP contribution in [0.3, 0.4) is 0 Å². The van der Waals surface area contributed by atoms with Gasteiger partial charge < -0.3 is 14.2 Å². The van der Waals surface area contributed by atoms with Crippen LogP contribution in [0.25, 0.3) is 0 Å². The Balaban J connectivity index is 1.26. The van der Waals surface area contributed by atoms with Crippen molar-refractivity contribution in [3.8, 4) is 5.75 Å². The number of hydrogen-bond acceptors (Lipinski definition) is 5. The number of carbonyl (C=O) groups excluding carboxylic acids is 1. The average molecular weight is 432 g/mol. The number of aromatic nitrogens is 2. The Hall–Kier alpha value is -3.15. The van der Waals surface area contributed by atoms with Crippen molar-refractivity contribution in [2.24, 2.45) is 0 Å². The number of carbonyl (C=O) groups is 1. The second-order valence-corrected chi connectivity index (χ2v) is 8.92. The lowest BCUT2D eigenvalue weighted by Crippen LogP contribution is -2.44. The average Bonchev–Trinajstić information content (AvgIpc) is 3.51. The molecule has 166 valence electrons. The third-order valence-electron chi connectivity index (χ3n) is 6.60. The zero-order chi connectivity index (χ0) is 22.0. The van der Waals surface area contributed by atoms with E-state index in [1.54, 1.807) is 0 Å². The van der Waals surface area contributed by atoms with Crippen molar-refractivity contribution in [2.45, 2.75) is 56.9 Å². The minimum absolute atomic E-state index is 0.142. The first-order valence-electron chi connectivity index (χ1n) is 11.5. The van der Waals surface area contributed by atoms with E-state index in [1.165, 1.54) is 0 Å². The van der Waals surface area contributed by atoms with Gasteiger partial charge in [-0.15, -0.1) is 0 Å². The first-order valence-corrected chi connectivity index (χ1v) is 11.5. The summed E-state index contributed by atoms with van der Waals surface area (Å²) in [6.45, 7) is 3.26. The molecule has 0 bridgehead atoms. The van der Waals surface area contributed by atoms with Crippen LogP contribution in [0.15, 0.2) is 59.1 Å². The van der Waals surface area contributed by atoms with Crippen molar-refractivity contribution >= 4 is 5.91 Å². The smallest absolute Gasteiger partial charge is 0.249 e. The summed E-state index contributed by atoms with van der Waals surface area (Å²) < 4.78 is 11.5. The Morgan fingerprint density at radius 3 is 2.78 bits per heavy atom. The Kier molecular flexibility index (Phi) is 5.68. The number of piperidine rings is 1. The maximum absolute atomic E-state index is 13.6. The molecule has 1 amide bonds. The molecule has 32 heavy (non-hydrogen) atoms. The maximum atomic E-state index is 13.6. The summed E-state index contributed by atoms with van der Waals surface area (Å²) >= 11 is 0. The number of hydrogen-bond donors (Lipinski definition) is 0. The number of ether oxygens (including phenoxy) is 1. The number of likely N-dealkylation sites (tertiary alicyclic amines) is 1. The fourth-order valence-corrected chi connectivity index (χ4v) is 4.68. The van der Waals surface area contributed by atoms with Gasteiger partial charge in [0, 0.05) is 13.0 Å². The predicted molar refractivity (Wildman–Crippen MR) is 120 cm³/mol. The van der Waals surface area contributed by atoms with Gasteiger partial charge in [0.25, 0.3) is 0 Å². The molecule has 2 fully saturated rings. The predicted octanol–water partition coefficient (Wildman–Crippen LogP) is 4.78. The molecule has 1 aliphatic heterocycles. The van der Waals surface area contributed by atoms with E-state index in [2.05, 4.69) is 22.3 Å². The molecule has 3 aromatic rings. The van der Waals surface area contributed by atoms with E-state index in [0.717, 1.165) is 55.5 Å². The van der Waals surface area contributed by atoms with Crippen LogP contribution in [-0.2, 0) is 16.6 Å². The number of aryl methyl sites for hydroxylation is 1. The molecule has 0 N–H and O–H groups in total. The standard InChI is InChI=1S/C26H29N3O3/c1-19-8-7-11-21(18-19)31-17-13-23-27-24(32-28-23)22-12-5-6-16-29(22)25(30)26(14-15-26)20-9-3-2-4-10-20/h2-4,7-11,18,22H,5-6,12-17H2,1H3. The topological polar surface area (TPSA) is 68.5 Å². The van der Waals surface area contributed by atoms with Gasteiger partial charge in [-0.3, -0.25) is 4.79 Å². The third-order valence-corrected chi connectivity index (χ3v) is 6.60. The highest BCUT2D eigenvalue weighted by Crippen LogP contribution is 2.51. The van der Waals surface area contributed by atoms with Crippen LogP contribution < -0.4 is 4.74 Å². The molecule has 6 heteroatoms. The van der Waals surface area contributed by atoms with E-state index in [9.17, 15) is 4.79 Å². The highest BCUT2D eigenvalue weighted by atomic mass is 16.5. The second kappa shape index (κ2) is 8.77. The number of nitrogens with zero attached hydrogens (tertiary/aromatic N) is 3. The van der Waals surface area contributed by atoms with Crippen molar-refractivity contribution in [1.82, 2.24) is 15.0 Å². The van der Waals surface area contributed by atoms with Crippen LogP contribution in [0.1, 0.15) is 61.0 Å². The quantitative estimate of drug-likeness (QED) is 0.538. The highest BCUT2D eigenvalue weighted by Gasteiger charge is 2.54.